The average Bonchev–Trinajstić information content (AvgIpc) is 2.16. The highest BCUT2D eigenvalue weighted by atomic mass is 32.2. The Bertz CT molecular complexity index is 234. The monoisotopic (exact) mass is 248 g/mol. The number of carbonyl (C=O) groups is 2. The molecule has 0 bridgehead atoms. The predicted molar refractivity (Wildman–Crippen MR) is 65.8 cm³/mol. The van der Waals surface area contributed by atoms with Crippen molar-refractivity contribution < 1.29 is 14.7 Å². The van der Waals surface area contributed by atoms with Crippen molar-refractivity contribution in [1.29, 1.82) is 0 Å². The van der Waals surface area contributed by atoms with Crippen LogP contribution in [-0.2, 0) is 4.79 Å². The minimum Gasteiger partial charge on any atom is -0.480 e. The van der Waals surface area contributed by atoms with E-state index in [0.717, 1.165) is 5.75 Å². The minimum atomic E-state index is -0.992. The van der Waals surface area contributed by atoms with Gasteiger partial charge in [0.15, 0.2) is 0 Å². The summed E-state index contributed by atoms with van der Waals surface area (Å²) in [5.41, 5.74) is 0. The Morgan fingerprint density at radius 2 is 2.00 bits per heavy atom. The zero-order valence-electron chi connectivity index (χ0n) is 9.95. The molecule has 0 unspecified atom stereocenters. The lowest BCUT2D eigenvalue weighted by Crippen LogP contribution is -2.47. The van der Waals surface area contributed by atoms with Gasteiger partial charge in [-0.3, -0.25) is 0 Å². The Kier molecular flexibility index (Phi) is 7.80. The van der Waals surface area contributed by atoms with E-state index in [-0.39, 0.29) is 5.92 Å². The van der Waals surface area contributed by atoms with Crippen LogP contribution in [0.1, 0.15) is 20.3 Å². The molecule has 6 heteroatoms. The first-order valence-electron chi connectivity index (χ1n) is 5.23. The molecule has 94 valence electrons. The Hall–Kier alpha value is -0.910. The van der Waals surface area contributed by atoms with Gasteiger partial charge in [0.25, 0.3) is 0 Å². The highest BCUT2D eigenvalue weighted by Crippen LogP contribution is 2.04. The molecule has 0 spiro atoms. The number of aliphatic carboxylic acids is 1. The van der Waals surface area contributed by atoms with Gasteiger partial charge in [0.05, 0.1) is 0 Å². The first-order valence-corrected chi connectivity index (χ1v) is 6.62. The third kappa shape index (κ3) is 7.39. The molecule has 0 heterocycles. The molecule has 0 aromatic rings. The molecule has 0 aromatic carbocycles. The first-order chi connectivity index (χ1) is 7.47. The molecule has 0 aliphatic heterocycles. The second-order valence-electron chi connectivity index (χ2n) is 3.91. The van der Waals surface area contributed by atoms with E-state index in [1.54, 1.807) is 11.8 Å². The lowest BCUT2D eigenvalue weighted by molar-refractivity contribution is -0.139. The summed E-state index contributed by atoms with van der Waals surface area (Å²) in [6.07, 6.45) is 2.38. The van der Waals surface area contributed by atoms with E-state index >= 15 is 0 Å². The number of hydrogen-bond donors (Lipinski definition) is 3. The van der Waals surface area contributed by atoms with Crippen LogP contribution < -0.4 is 10.6 Å². The SMILES string of the molecule is CSCCNC(=O)N[C@H](CC(C)C)C(=O)O. The third-order valence-electron chi connectivity index (χ3n) is 1.90. The van der Waals surface area contributed by atoms with E-state index in [1.165, 1.54) is 0 Å². The normalized spacial score (nSPS) is 12.2. The Balaban J connectivity index is 3.98. The van der Waals surface area contributed by atoms with Crippen molar-refractivity contribution in [1.82, 2.24) is 10.6 Å². The van der Waals surface area contributed by atoms with E-state index in [1.807, 2.05) is 20.1 Å². The van der Waals surface area contributed by atoms with Gasteiger partial charge in [-0.15, -0.1) is 0 Å². The minimum absolute atomic E-state index is 0.229. The zero-order chi connectivity index (χ0) is 12.6. The largest absolute Gasteiger partial charge is 0.480 e. The van der Waals surface area contributed by atoms with Gasteiger partial charge in [-0.05, 0) is 18.6 Å². The van der Waals surface area contributed by atoms with Gasteiger partial charge in [0.2, 0.25) is 0 Å². The summed E-state index contributed by atoms with van der Waals surface area (Å²) in [6.45, 7) is 4.38. The zero-order valence-corrected chi connectivity index (χ0v) is 10.8. The maximum Gasteiger partial charge on any atom is 0.326 e. The lowest BCUT2D eigenvalue weighted by atomic mass is 10.0. The van der Waals surface area contributed by atoms with Gasteiger partial charge in [0, 0.05) is 12.3 Å². The highest BCUT2D eigenvalue weighted by Gasteiger charge is 2.20. The van der Waals surface area contributed by atoms with Crippen molar-refractivity contribution >= 4 is 23.8 Å². The molecule has 3 N–H and O–H groups in total. The van der Waals surface area contributed by atoms with Crippen LogP contribution in [0.25, 0.3) is 0 Å². The summed E-state index contributed by atoms with van der Waals surface area (Å²) < 4.78 is 0. The summed E-state index contributed by atoms with van der Waals surface area (Å²) >= 11 is 1.62. The molecule has 0 aromatic heterocycles. The molecule has 0 aliphatic carbocycles. The molecule has 1 atom stereocenters. The topological polar surface area (TPSA) is 78.4 Å². The average molecular weight is 248 g/mol. The number of carboxylic acids is 1. The molecule has 0 aliphatic rings. The summed E-state index contributed by atoms with van der Waals surface area (Å²) in [5.74, 6) is 0.0521. The molecule has 0 saturated heterocycles. The molecule has 0 rings (SSSR count). The smallest absolute Gasteiger partial charge is 0.326 e. The van der Waals surface area contributed by atoms with E-state index < -0.39 is 18.0 Å². The first kappa shape index (κ1) is 15.1. The predicted octanol–water partition coefficient (Wildman–Crippen LogP) is 1.15. The summed E-state index contributed by atoms with van der Waals surface area (Å²) in [5, 5.41) is 14.0. The standard InChI is InChI=1S/C10H20N2O3S/c1-7(2)6-8(9(13)14)12-10(15)11-4-5-16-3/h7-8H,4-6H2,1-3H3,(H,13,14)(H2,11,12,15)/t8-/m1/s1. The van der Waals surface area contributed by atoms with Crippen molar-refractivity contribution in [2.75, 3.05) is 18.6 Å². The van der Waals surface area contributed by atoms with Crippen molar-refractivity contribution in [3.8, 4) is 0 Å². The summed E-state index contributed by atoms with van der Waals surface area (Å²) in [4.78, 5) is 22.2. The van der Waals surface area contributed by atoms with Crippen molar-refractivity contribution in [2.24, 2.45) is 5.92 Å². The van der Waals surface area contributed by atoms with Gasteiger partial charge in [0.1, 0.15) is 6.04 Å². The molecular weight excluding hydrogens is 228 g/mol. The van der Waals surface area contributed by atoms with E-state index in [0.29, 0.717) is 13.0 Å². The van der Waals surface area contributed by atoms with E-state index in [4.69, 9.17) is 5.11 Å². The highest BCUT2D eigenvalue weighted by molar-refractivity contribution is 7.98. The van der Waals surface area contributed by atoms with Crippen LogP contribution in [0.4, 0.5) is 4.79 Å². The maximum atomic E-state index is 11.3. The molecule has 0 radical (unpaired) electrons. The fourth-order valence-corrected chi connectivity index (χ4v) is 1.47. The number of thioether (sulfide) groups is 1. The van der Waals surface area contributed by atoms with Crippen LogP contribution in [0.3, 0.4) is 0 Å². The van der Waals surface area contributed by atoms with Gasteiger partial charge >= 0.3 is 12.0 Å². The van der Waals surface area contributed by atoms with Gasteiger partial charge in [-0.1, -0.05) is 13.8 Å². The number of rotatable bonds is 7. The quantitative estimate of drug-likeness (QED) is 0.591. The number of carbonyl (C=O) groups excluding carboxylic acids is 1. The number of urea groups is 1. The fourth-order valence-electron chi connectivity index (χ4n) is 1.17. The van der Waals surface area contributed by atoms with Crippen LogP contribution in [0.15, 0.2) is 0 Å². The van der Waals surface area contributed by atoms with Crippen LogP contribution in [0.5, 0.6) is 0 Å². The third-order valence-corrected chi connectivity index (χ3v) is 2.51. The van der Waals surface area contributed by atoms with E-state index in [2.05, 4.69) is 10.6 Å². The fraction of sp³-hybridized carbons (Fsp3) is 0.800. The second-order valence-corrected chi connectivity index (χ2v) is 4.90. The van der Waals surface area contributed by atoms with Gasteiger partial charge in [-0.2, -0.15) is 11.8 Å². The number of nitrogens with one attached hydrogen (secondary N) is 2. The summed E-state index contributed by atoms with van der Waals surface area (Å²) in [7, 11) is 0. The van der Waals surface area contributed by atoms with Crippen molar-refractivity contribution in [3.05, 3.63) is 0 Å². The van der Waals surface area contributed by atoms with Crippen LogP contribution in [0, 0.1) is 5.92 Å². The summed E-state index contributed by atoms with van der Waals surface area (Å²) in [6, 6.07) is -1.23. The van der Waals surface area contributed by atoms with Crippen molar-refractivity contribution in [3.63, 3.8) is 0 Å². The van der Waals surface area contributed by atoms with Crippen LogP contribution in [-0.4, -0.2) is 41.7 Å². The molecule has 0 fully saturated rings. The lowest BCUT2D eigenvalue weighted by Gasteiger charge is -2.16. The Morgan fingerprint density at radius 3 is 2.44 bits per heavy atom. The molecule has 2 amide bonds. The second kappa shape index (κ2) is 8.27. The van der Waals surface area contributed by atoms with Crippen LogP contribution in [0.2, 0.25) is 0 Å². The molecular formula is C10H20N2O3S. The van der Waals surface area contributed by atoms with E-state index in [9.17, 15) is 9.59 Å². The Morgan fingerprint density at radius 1 is 1.38 bits per heavy atom. The molecule has 0 saturated carbocycles. The molecule has 5 nitrogen and oxygen atoms in total. The Labute approximate surface area is 100 Å². The van der Waals surface area contributed by atoms with Gasteiger partial charge in [-0.25, -0.2) is 9.59 Å². The molecule has 16 heavy (non-hydrogen) atoms. The maximum absolute atomic E-state index is 11.3. The van der Waals surface area contributed by atoms with Crippen LogP contribution >= 0.6 is 11.8 Å². The number of carboxylic acid groups (broad SMARTS) is 1. The van der Waals surface area contributed by atoms with Gasteiger partial charge < -0.3 is 15.7 Å². The number of hydrogen-bond acceptors (Lipinski definition) is 3. The van der Waals surface area contributed by atoms with Crippen molar-refractivity contribution in [2.45, 2.75) is 26.3 Å². The number of amides is 2.